The molecular formula is C14H21N3O2S. The number of rotatable bonds is 5. The number of piperidine rings is 1. The van der Waals surface area contributed by atoms with Gasteiger partial charge in [-0.15, -0.1) is 0 Å². The van der Waals surface area contributed by atoms with Gasteiger partial charge in [-0.25, -0.2) is 0 Å². The van der Waals surface area contributed by atoms with Crippen LogP contribution in [0.2, 0.25) is 0 Å². The molecule has 1 aromatic heterocycles. The summed E-state index contributed by atoms with van der Waals surface area (Å²) in [4.78, 5) is 25.3. The molecule has 0 aromatic carbocycles. The van der Waals surface area contributed by atoms with Crippen molar-refractivity contribution in [2.75, 3.05) is 27.2 Å². The van der Waals surface area contributed by atoms with Gasteiger partial charge in [0.15, 0.2) is 0 Å². The highest BCUT2D eigenvalue weighted by atomic mass is 32.1. The van der Waals surface area contributed by atoms with Crippen LogP contribution in [-0.2, 0) is 9.59 Å². The molecular weight excluding hydrogens is 274 g/mol. The van der Waals surface area contributed by atoms with E-state index in [0.29, 0.717) is 25.9 Å². The predicted octanol–water partition coefficient (Wildman–Crippen LogP) is 0.993. The van der Waals surface area contributed by atoms with Gasteiger partial charge in [-0.05, 0) is 42.9 Å². The Morgan fingerprint density at radius 2 is 2.40 bits per heavy atom. The molecule has 2 rings (SSSR count). The first-order valence-electron chi connectivity index (χ1n) is 6.81. The third kappa shape index (κ3) is 3.80. The lowest BCUT2D eigenvalue weighted by Crippen LogP contribution is -2.44. The van der Waals surface area contributed by atoms with Gasteiger partial charge in [-0.3, -0.25) is 9.59 Å². The minimum atomic E-state index is -0.0991. The van der Waals surface area contributed by atoms with Crippen molar-refractivity contribution >= 4 is 23.2 Å². The molecule has 2 amide bonds. The first kappa shape index (κ1) is 15.0. The maximum Gasteiger partial charge on any atom is 0.224 e. The smallest absolute Gasteiger partial charge is 0.224 e. The zero-order valence-electron chi connectivity index (χ0n) is 11.9. The van der Waals surface area contributed by atoms with E-state index in [1.165, 1.54) is 5.56 Å². The maximum absolute atomic E-state index is 12.1. The normalized spacial score (nSPS) is 20.6. The molecule has 0 radical (unpaired) electrons. The van der Waals surface area contributed by atoms with Crippen LogP contribution in [0.15, 0.2) is 16.8 Å². The van der Waals surface area contributed by atoms with Crippen molar-refractivity contribution in [3.63, 3.8) is 0 Å². The van der Waals surface area contributed by atoms with E-state index in [4.69, 9.17) is 0 Å². The van der Waals surface area contributed by atoms with Crippen LogP contribution in [0, 0.1) is 5.92 Å². The standard InChI is InChI=1S/C14H21N3O2S/c1-17(2)12(11-5-6-20-9-11)8-16-14(19)10-3-4-13(18)15-7-10/h5-6,9-10,12H,3-4,7-8H2,1-2H3,(H,15,18)(H,16,19)/t10-,12-/m1/s1. The van der Waals surface area contributed by atoms with Gasteiger partial charge in [-0.2, -0.15) is 11.3 Å². The van der Waals surface area contributed by atoms with E-state index in [1.807, 2.05) is 19.5 Å². The molecule has 0 unspecified atom stereocenters. The first-order chi connectivity index (χ1) is 9.58. The lowest BCUT2D eigenvalue weighted by molar-refractivity contribution is -0.129. The summed E-state index contributed by atoms with van der Waals surface area (Å²) in [5.74, 6) is -0.0245. The van der Waals surface area contributed by atoms with Crippen LogP contribution in [0.5, 0.6) is 0 Å². The van der Waals surface area contributed by atoms with Crippen molar-refractivity contribution in [2.24, 2.45) is 5.92 Å². The highest BCUT2D eigenvalue weighted by Gasteiger charge is 2.25. The van der Waals surface area contributed by atoms with E-state index < -0.39 is 0 Å². The van der Waals surface area contributed by atoms with Gasteiger partial charge in [0, 0.05) is 19.5 Å². The molecule has 0 saturated carbocycles. The fourth-order valence-electron chi connectivity index (χ4n) is 2.36. The molecule has 20 heavy (non-hydrogen) atoms. The van der Waals surface area contributed by atoms with E-state index in [1.54, 1.807) is 11.3 Å². The molecule has 5 nitrogen and oxygen atoms in total. The predicted molar refractivity (Wildman–Crippen MR) is 79.5 cm³/mol. The largest absolute Gasteiger partial charge is 0.355 e. The van der Waals surface area contributed by atoms with Crippen molar-refractivity contribution in [3.05, 3.63) is 22.4 Å². The minimum Gasteiger partial charge on any atom is -0.355 e. The van der Waals surface area contributed by atoms with Crippen LogP contribution in [0.3, 0.4) is 0 Å². The monoisotopic (exact) mass is 295 g/mol. The quantitative estimate of drug-likeness (QED) is 0.852. The first-order valence-corrected chi connectivity index (χ1v) is 7.75. The average molecular weight is 295 g/mol. The summed E-state index contributed by atoms with van der Waals surface area (Å²) >= 11 is 1.66. The fourth-order valence-corrected chi connectivity index (χ4v) is 3.07. The Bertz CT molecular complexity index is 449. The molecule has 1 aliphatic heterocycles. The number of thiophene rings is 1. The summed E-state index contributed by atoms with van der Waals surface area (Å²) in [7, 11) is 4.02. The highest BCUT2D eigenvalue weighted by molar-refractivity contribution is 7.07. The molecule has 0 aliphatic carbocycles. The Morgan fingerprint density at radius 1 is 1.60 bits per heavy atom. The van der Waals surface area contributed by atoms with E-state index >= 15 is 0 Å². The van der Waals surface area contributed by atoms with Gasteiger partial charge in [0.1, 0.15) is 0 Å². The molecule has 6 heteroatoms. The zero-order valence-corrected chi connectivity index (χ0v) is 12.7. The summed E-state index contributed by atoms with van der Waals surface area (Å²) in [6.45, 7) is 1.04. The summed E-state index contributed by atoms with van der Waals surface area (Å²) in [6.07, 6.45) is 1.09. The van der Waals surface area contributed by atoms with Gasteiger partial charge >= 0.3 is 0 Å². The Hall–Kier alpha value is -1.40. The Labute approximate surface area is 123 Å². The van der Waals surface area contributed by atoms with Crippen LogP contribution in [0.25, 0.3) is 0 Å². The van der Waals surface area contributed by atoms with E-state index in [-0.39, 0.29) is 23.8 Å². The van der Waals surface area contributed by atoms with Crippen molar-refractivity contribution in [1.82, 2.24) is 15.5 Å². The topological polar surface area (TPSA) is 61.4 Å². The van der Waals surface area contributed by atoms with Crippen LogP contribution in [-0.4, -0.2) is 43.9 Å². The molecule has 0 bridgehead atoms. The third-order valence-electron chi connectivity index (χ3n) is 3.66. The maximum atomic E-state index is 12.1. The number of hydrogen-bond acceptors (Lipinski definition) is 4. The summed E-state index contributed by atoms with van der Waals surface area (Å²) in [6, 6.07) is 2.27. The van der Waals surface area contributed by atoms with Crippen LogP contribution in [0.4, 0.5) is 0 Å². The number of nitrogens with zero attached hydrogens (tertiary/aromatic N) is 1. The molecule has 1 saturated heterocycles. The van der Waals surface area contributed by atoms with Gasteiger partial charge < -0.3 is 15.5 Å². The number of carbonyl (C=O) groups excluding carboxylic acids is 2. The average Bonchev–Trinajstić information content (AvgIpc) is 2.93. The highest BCUT2D eigenvalue weighted by Crippen LogP contribution is 2.20. The Balaban J connectivity index is 1.86. The summed E-state index contributed by atoms with van der Waals surface area (Å²) in [5, 5.41) is 9.91. The minimum absolute atomic E-state index is 0.0343. The van der Waals surface area contributed by atoms with Gasteiger partial charge in [0.2, 0.25) is 11.8 Å². The van der Waals surface area contributed by atoms with E-state index in [0.717, 1.165) is 0 Å². The lowest BCUT2D eigenvalue weighted by Gasteiger charge is -2.26. The van der Waals surface area contributed by atoms with Crippen LogP contribution in [0.1, 0.15) is 24.4 Å². The van der Waals surface area contributed by atoms with Gasteiger partial charge in [0.05, 0.1) is 12.0 Å². The molecule has 1 aliphatic rings. The fraction of sp³-hybridized carbons (Fsp3) is 0.571. The van der Waals surface area contributed by atoms with Crippen LogP contribution >= 0.6 is 11.3 Å². The van der Waals surface area contributed by atoms with Gasteiger partial charge in [-0.1, -0.05) is 0 Å². The summed E-state index contributed by atoms with van der Waals surface area (Å²) in [5.41, 5.74) is 1.22. The van der Waals surface area contributed by atoms with Crippen molar-refractivity contribution in [3.8, 4) is 0 Å². The summed E-state index contributed by atoms with van der Waals surface area (Å²) < 4.78 is 0. The second-order valence-corrected chi connectivity index (χ2v) is 6.10. The SMILES string of the molecule is CN(C)[C@H](CNC(=O)[C@@H]1CCC(=O)NC1)c1ccsc1. The number of amides is 2. The lowest BCUT2D eigenvalue weighted by atomic mass is 9.98. The molecule has 2 atom stereocenters. The van der Waals surface area contributed by atoms with Gasteiger partial charge in [0.25, 0.3) is 0 Å². The Kier molecular flexibility index (Phi) is 5.14. The number of likely N-dealkylation sites (N-methyl/N-ethyl adjacent to an activating group) is 1. The number of hydrogen-bond donors (Lipinski definition) is 2. The van der Waals surface area contributed by atoms with Crippen molar-refractivity contribution in [2.45, 2.75) is 18.9 Å². The van der Waals surface area contributed by atoms with Crippen molar-refractivity contribution < 1.29 is 9.59 Å². The zero-order chi connectivity index (χ0) is 14.5. The molecule has 110 valence electrons. The van der Waals surface area contributed by atoms with Crippen LogP contribution < -0.4 is 10.6 Å². The molecule has 2 heterocycles. The van der Waals surface area contributed by atoms with E-state index in [2.05, 4.69) is 27.0 Å². The molecule has 2 N–H and O–H groups in total. The number of nitrogens with one attached hydrogen (secondary N) is 2. The molecule has 1 fully saturated rings. The Morgan fingerprint density at radius 3 is 2.95 bits per heavy atom. The molecule has 1 aromatic rings. The number of carbonyl (C=O) groups is 2. The van der Waals surface area contributed by atoms with E-state index in [9.17, 15) is 9.59 Å². The second kappa shape index (κ2) is 6.85. The second-order valence-electron chi connectivity index (χ2n) is 5.32. The third-order valence-corrected chi connectivity index (χ3v) is 4.36. The van der Waals surface area contributed by atoms with Crippen molar-refractivity contribution in [1.29, 1.82) is 0 Å². The molecule has 0 spiro atoms.